The molecule has 0 saturated carbocycles. The number of aromatic nitrogens is 1. The summed E-state index contributed by atoms with van der Waals surface area (Å²) < 4.78 is 6.09. The van der Waals surface area contributed by atoms with Crippen LogP contribution in [0, 0.1) is 5.92 Å². The van der Waals surface area contributed by atoms with Gasteiger partial charge in [-0.05, 0) is 55.6 Å². The topological polar surface area (TPSA) is 54.5 Å². The van der Waals surface area contributed by atoms with Crippen LogP contribution in [-0.2, 0) is 11.2 Å². The first kappa shape index (κ1) is 19.8. The highest BCUT2D eigenvalue weighted by atomic mass is 16.6. The Morgan fingerprint density at radius 2 is 1.77 bits per heavy atom. The molecule has 1 N–H and O–H groups in total. The number of piperidine rings is 3. The van der Waals surface area contributed by atoms with Gasteiger partial charge in [-0.15, -0.1) is 0 Å². The van der Waals surface area contributed by atoms with Gasteiger partial charge in [0.15, 0.2) is 0 Å². The van der Waals surface area contributed by atoms with E-state index < -0.39 is 0 Å². The molecule has 6 rings (SSSR count). The number of carbonyl (C=O) groups is 1. The Labute approximate surface area is 183 Å². The number of benzene rings is 2. The summed E-state index contributed by atoms with van der Waals surface area (Å²) in [6, 6.07) is 22.2. The number of nitrogens with one attached hydrogen (secondary N) is 1. The Balaban J connectivity index is 1.33. The average molecular weight is 414 g/mol. The fraction of sp³-hybridized carbons (Fsp3) is 0.308. The minimum Gasteiger partial charge on any atom is -0.444 e. The number of hydrogen-bond acceptors (Lipinski definition) is 4. The number of pyridine rings is 1. The minimum absolute atomic E-state index is 0.105. The summed E-state index contributed by atoms with van der Waals surface area (Å²) in [5.41, 5.74) is 4.00. The summed E-state index contributed by atoms with van der Waals surface area (Å²) in [6.45, 7) is 2.15. The fourth-order valence-electron chi connectivity index (χ4n) is 5.01. The van der Waals surface area contributed by atoms with E-state index in [1.165, 1.54) is 5.56 Å². The van der Waals surface area contributed by atoms with Crippen molar-refractivity contribution in [1.82, 2.24) is 9.88 Å². The van der Waals surface area contributed by atoms with Crippen molar-refractivity contribution in [3.05, 3.63) is 84.7 Å². The molecule has 0 aliphatic carbocycles. The van der Waals surface area contributed by atoms with Gasteiger partial charge in [0.05, 0.1) is 11.7 Å². The van der Waals surface area contributed by atoms with Crippen LogP contribution in [0.5, 0.6) is 0 Å². The summed E-state index contributed by atoms with van der Waals surface area (Å²) in [5.74, 6) is 0.418. The van der Waals surface area contributed by atoms with Gasteiger partial charge in [0, 0.05) is 23.9 Å². The quantitative estimate of drug-likeness (QED) is 0.639. The molecular formula is C26H27N3O2. The summed E-state index contributed by atoms with van der Waals surface area (Å²) in [5, 5.41) is 3.01. The monoisotopic (exact) mass is 413 g/mol. The molecule has 31 heavy (non-hydrogen) atoms. The fourth-order valence-corrected chi connectivity index (χ4v) is 5.01. The van der Waals surface area contributed by atoms with Crippen LogP contribution in [0.15, 0.2) is 79.1 Å². The van der Waals surface area contributed by atoms with Crippen molar-refractivity contribution >= 4 is 11.8 Å². The Kier molecular flexibility index (Phi) is 5.67. The van der Waals surface area contributed by atoms with Crippen LogP contribution in [0.2, 0.25) is 0 Å². The molecule has 0 radical (unpaired) electrons. The lowest BCUT2D eigenvalue weighted by Gasteiger charge is -2.50. The van der Waals surface area contributed by atoms with E-state index in [-0.39, 0.29) is 18.2 Å². The number of amides is 1. The van der Waals surface area contributed by atoms with Gasteiger partial charge < -0.3 is 4.74 Å². The SMILES string of the molecule is O=C(Nc1ccccc1-c1ccccc1)O[C@H]1C2CCN(CC2)[C@@H]1Cc1cccnc1. The van der Waals surface area contributed by atoms with E-state index in [0.717, 1.165) is 49.2 Å². The van der Waals surface area contributed by atoms with E-state index in [0.29, 0.717) is 5.92 Å². The third-order valence-electron chi connectivity index (χ3n) is 6.55. The summed E-state index contributed by atoms with van der Waals surface area (Å²) >= 11 is 0. The lowest BCUT2D eigenvalue weighted by atomic mass is 9.78. The van der Waals surface area contributed by atoms with Crippen LogP contribution in [0.1, 0.15) is 18.4 Å². The molecule has 1 aromatic heterocycles. The predicted molar refractivity (Wildman–Crippen MR) is 122 cm³/mol. The van der Waals surface area contributed by atoms with Crippen molar-refractivity contribution in [3.8, 4) is 11.1 Å². The Morgan fingerprint density at radius 1 is 1.00 bits per heavy atom. The highest BCUT2D eigenvalue weighted by Crippen LogP contribution is 2.36. The third kappa shape index (κ3) is 4.32. The predicted octanol–water partition coefficient (Wildman–Crippen LogP) is 5.00. The standard InChI is InChI=1S/C26H27N3O2/c30-26(28-23-11-5-4-10-22(23)20-8-2-1-3-9-20)31-25-21-12-15-29(16-13-21)24(25)17-19-7-6-14-27-18-19/h1-11,14,18,21,24-25H,12-13,15-17H2,(H,28,30)/t24-,25+/m1/s1. The molecule has 3 fully saturated rings. The average Bonchev–Trinajstić information content (AvgIpc) is 2.83. The molecule has 2 aromatic carbocycles. The van der Waals surface area contributed by atoms with E-state index in [1.807, 2.05) is 66.9 Å². The molecule has 0 unspecified atom stereocenters. The van der Waals surface area contributed by atoms with Crippen LogP contribution >= 0.6 is 0 Å². The maximum absolute atomic E-state index is 13.0. The van der Waals surface area contributed by atoms with E-state index in [1.54, 1.807) is 6.20 Å². The number of fused-ring (bicyclic) bond motifs is 3. The van der Waals surface area contributed by atoms with Crippen molar-refractivity contribution in [2.24, 2.45) is 5.92 Å². The van der Waals surface area contributed by atoms with Gasteiger partial charge in [0.1, 0.15) is 6.10 Å². The number of nitrogens with zero attached hydrogens (tertiary/aromatic N) is 2. The van der Waals surface area contributed by atoms with Gasteiger partial charge in [0.25, 0.3) is 0 Å². The molecular weight excluding hydrogens is 386 g/mol. The van der Waals surface area contributed by atoms with Crippen molar-refractivity contribution in [2.45, 2.75) is 31.4 Å². The van der Waals surface area contributed by atoms with Gasteiger partial charge in [0.2, 0.25) is 0 Å². The second-order valence-corrected chi connectivity index (χ2v) is 8.41. The molecule has 3 saturated heterocycles. The lowest BCUT2D eigenvalue weighted by Crippen LogP contribution is -2.60. The van der Waals surface area contributed by atoms with Crippen LogP contribution in [0.25, 0.3) is 11.1 Å². The number of para-hydroxylation sites is 1. The Morgan fingerprint density at radius 3 is 2.55 bits per heavy atom. The van der Waals surface area contributed by atoms with Crippen LogP contribution < -0.4 is 5.32 Å². The summed E-state index contributed by atoms with van der Waals surface area (Å²) in [7, 11) is 0. The molecule has 1 amide bonds. The number of ether oxygens (including phenoxy) is 1. The van der Waals surface area contributed by atoms with E-state index in [4.69, 9.17) is 4.74 Å². The van der Waals surface area contributed by atoms with Crippen LogP contribution in [-0.4, -0.2) is 41.2 Å². The Bertz CT molecular complexity index is 1020. The zero-order chi connectivity index (χ0) is 21.0. The van der Waals surface area contributed by atoms with Crippen molar-refractivity contribution in [1.29, 1.82) is 0 Å². The molecule has 2 atom stereocenters. The van der Waals surface area contributed by atoms with E-state index in [2.05, 4.69) is 21.3 Å². The van der Waals surface area contributed by atoms with Crippen LogP contribution in [0.4, 0.5) is 10.5 Å². The second kappa shape index (κ2) is 8.90. The first-order valence-electron chi connectivity index (χ1n) is 11.0. The number of hydrogen-bond donors (Lipinski definition) is 1. The van der Waals surface area contributed by atoms with Crippen LogP contribution in [0.3, 0.4) is 0 Å². The summed E-state index contributed by atoms with van der Waals surface area (Å²) in [4.78, 5) is 19.7. The van der Waals surface area contributed by atoms with Gasteiger partial charge in [-0.3, -0.25) is 15.2 Å². The molecule has 3 aliphatic rings. The largest absolute Gasteiger partial charge is 0.444 e. The van der Waals surface area contributed by atoms with Gasteiger partial charge >= 0.3 is 6.09 Å². The zero-order valence-corrected chi connectivity index (χ0v) is 17.5. The van der Waals surface area contributed by atoms with Crippen molar-refractivity contribution in [2.75, 3.05) is 18.4 Å². The minimum atomic E-state index is -0.377. The third-order valence-corrected chi connectivity index (χ3v) is 6.55. The maximum Gasteiger partial charge on any atom is 0.411 e. The first-order chi connectivity index (χ1) is 15.3. The number of anilines is 1. The van der Waals surface area contributed by atoms with Crippen molar-refractivity contribution < 1.29 is 9.53 Å². The van der Waals surface area contributed by atoms with Gasteiger partial charge in [-0.2, -0.15) is 0 Å². The molecule has 2 bridgehead atoms. The Hall–Kier alpha value is -3.18. The van der Waals surface area contributed by atoms with E-state index in [9.17, 15) is 4.79 Å². The first-order valence-corrected chi connectivity index (χ1v) is 11.0. The van der Waals surface area contributed by atoms with E-state index >= 15 is 0 Å². The van der Waals surface area contributed by atoms with Gasteiger partial charge in [-0.1, -0.05) is 54.6 Å². The second-order valence-electron chi connectivity index (χ2n) is 8.41. The maximum atomic E-state index is 13.0. The molecule has 3 aromatic rings. The zero-order valence-electron chi connectivity index (χ0n) is 17.5. The van der Waals surface area contributed by atoms with Crippen molar-refractivity contribution in [3.63, 3.8) is 0 Å². The molecule has 0 spiro atoms. The molecule has 5 heteroatoms. The smallest absolute Gasteiger partial charge is 0.411 e. The molecule has 158 valence electrons. The number of rotatable bonds is 5. The normalized spacial score (nSPS) is 24.5. The molecule has 3 aliphatic heterocycles. The summed E-state index contributed by atoms with van der Waals surface area (Å²) in [6.07, 6.45) is 6.25. The molecule has 5 nitrogen and oxygen atoms in total. The number of carbonyl (C=O) groups excluding carboxylic acids is 1. The van der Waals surface area contributed by atoms with Gasteiger partial charge in [-0.25, -0.2) is 4.79 Å². The lowest BCUT2D eigenvalue weighted by molar-refractivity contribution is -0.0741. The highest BCUT2D eigenvalue weighted by molar-refractivity contribution is 5.91. The highest BCUT2D eigenvalue weighted by Gasteiger charge is 2.44. The molecule has 4 heterocycles.